The lowest BCUT2D eigenvalue weighted by atomic mass is 9.99. The van der Waals surface area contributed by atoms with E-state index in [0.717, 1.165) is 41.9 Å². The number of carbonyl (C=O) groups excluding carboxylic acids is 1. The molecular weight excluding hydrogens is 406 g/mol. The molecule has 4 heterocycles. The number of amides is 1. The van der Waals surface area contributed by atoms with Crippen LogP contribution in [0, 0.1) is 0 Å². The first-order valence-electron chi connectivity index (χ1n) is 11.1. The van der Waals surface area contributed by atoms with Crippen LogP contribution in [0.4, 0.5) is 0 Å². The van der Waals surface area contributed by atoms with Gasteiger partial charge in [-0.05, 0) is 44.0 Å². The summed E-state index contributed by atoms with van der Waals surface area (Å²) < 4.78 is 12.4. The first-order chi connectivity index (χ1) is 15.6. The van der Waals surface area contributed by atoms with Gasteiger partial charge < -0.3 is 14.8 Å². The third-order valence-corrected chi connectivity index (χ3v) is 6.58. The highest BCUT2D eigenvalue weighted by atomic mass is 16.5. The number of nitrogens with zero attached hydrogens (tertiary/aromatic N) is 4. The quantitative estimate of drug-likeness (QED) is 0.615. The number of ether oxygens (including phenoxy) is 2. The highest BCUT2D eigenvalue weighted by Crippen LogP contribution is 2.43. The molecule has 0 aliphatic carbocycles. The normalized spacial score (nSPS) is 20.8. The van der Waals surface area contributed by atoms with Gasteiger partial charge in [0.15, 0.2) is 5.65 Å². The molecule has 2 aliphatic heterocycles. The first-order valence-corrected chi connectivity index (χ1v) is 11.1. The SMILES string of the molecule is COC[C@H](C)NC(=O)CN1[C@H]2CC[C@H]1c1cnc3cc(-c4ccc(OC)cc4)nn3c1C2. The third kappa shape index (κ3) is 3.73. The van der Waals surface area contributed by atoms with Gasteiger partial charge in [0.2, 0.25) is 5.91 Å². The summed E-state index contributed by atoms with van der Waals surface area (Å²) in [7, 11) is 3.31. The fourth-order valence-corrected chi connectivity index (χ4v) is 5.11. The van der Waals surface area contributed by atoms with Crippen LogP contribution in [-0.4, -0.2) is 64.9 Å². The van der Waals surface area contributed by atoms with Crippen molar-refractivity contribution in [1.82, 2.24) is 24.8 Å². The van der Waals surface area contributed by atoms with Gasteiger partial charge in [-0.1, -0.05) is 0 Å². The van der Waals surface area contributed by atoms with Crippen molar-refractivity contribution in [2.45, 2.75) is 44.3 Å². The van der Waals surface area contributed by atoms with Crippen LogP contribution in [0.15, 0.2) is 36.5 Å². The van der Waals surface area contributed by atoms with Crippen LogP contribution in [0.25, 0.3) is 16.9 Å². The smallest absolute Gasteiger partial charge is 0.234 e. The molecule has 0 spiro atoms. The third-order valence-electron chi connectivity index (χ3n) is 6.58. The molecule has 1 N–H and O–H groups in total. The van der Waals surface area contributed by atoms with Gasteiger partial charge in [0.25, 0.3) is 0 Å². The average molecular weight is 436 g/mol. The molecule has 8 nitrogen and oxygen atoms in total. The fourth-order valence-electron chi connectivity index (χ4n) is 5.11. The monoisotopic (exact) mass is 435 g/mol. The van der Waals surface area contributed by atoms with Gasteiger partial charge in [-0.3, -0.25) is 9.69 Å². The molecule has 1 amide bonds. The first kappa shape index (κ1) is 20.9. The maximum Gasteiger partial charge on any atom is 0.234 e. The van der Waals surface area contributed by atoms with Gasteiger partial charge in [0.05, 0.1) is 31.6 Å². The van der Waals surface area contributed by atoms with E-state index >= 15 is 0 Å². The largest absolute Gasteiger partial charge is 0.497 e. The molecule has 0 saturated carbocycles. The lowest BCUT2D eigenvalue weighted by molar-refractivity contribution is -0.124. The summed E-state index contributed by atoms with van der Waals surface area (Å²) in [6, 6.07) is 10.5. The van der Waals surface area contributed by atoms with Crippen molar-refractivity contribution < 1.29 is 14.3 Å². The van der Waals surface area contributed by atoms with Crippen LogP contribution >= 0.6 is 0 Å². The number of aromatic nitrogens is 3. The highest BCUT2D eigenvalue weighted by Gasteiger charge is 2.42. The van der Waals surface area contributed by atoms with E-state index in [4.69, 9.17) is 19.6 Å². The number of carbonyl (C=O) groups is 1. The Hall–Kier alpha value is -2.97. The van der Waals surface area contributed by atoms with E-state index in [-0.39, 0.29) is 18.0 Å². The van der Waals surface area contributed by atoms with Crippen LogP contribution in [-0.2, 0) is 16.0 Å². The molecular formula is C24H29N5O3. The van der Waals surface area contributed by atoms with E-state index in [0.29, 0.717) is 19.2 Å². The molecule has 2 bridgehead atoms. The summed E-state index contributed by atoms with van der Waals surface area (Å²) in [6.45, 7) is 2.87. The van der Waals surface area contributed by atoms with Crippen molar-refractivity contribution in [3.05, 3.63) is 47.8 Å². The van der Waals surface area contributed by atoms with Gasteiger partial charge >= 0.3 is 0 Å². The Morgan fingerprint density at radius 2 is 2.06 bits per heavy atom. The summed E-state index contributed by atoms with van der Waals surface area (Å²) >= 11 is 0. The highest BCUT2D eigenvalue weighted by molar-refractivity contribution is 5.78. The zero-order valence-corrected chi connectivity index (χ0v) is 18.7. The van der Waals surface area contributed by atoms with E-state index < -0.39 is 0 Å². The molecule has 1 fully saturated rings. The summed E-state index contributed by atoms with van der Waals surface area (Å²) in [5.74, 6) is 0.871. The lowest BCUT2D eigenvalue weighted by Crippen LogP contribution is -2.47. The molecule has 0 unspecified atom stereocenters. The van der Waals surface area contributed by atoms with Crippen molar-refractivity contribution in [3.8, 4) is 17.0 Å². The minimum atomic E-state index is 0.00368. The van der Waals surface area contributed by atoms with Gasteiger partial charge in [-0.15, -0.1) is 0 Å². The Balaban J connectivity index is 1.40. The molecule has 2 aromatic heterocycles. The molecule has 8 heteroatoms. The Labute approximate surface area is 187 Å². The maximum atomic E-state index is 12.6. The second-order valence-electron chi connectivity index (χ2n) is 8.74. The van der Waals surface area contributed by atoms with Gasteiger partial charge in [0, 0.05) is 55.0 Å². The molecule has 5 rings (SSSR count). The molecule has 1 saturated heterocycles. The molecule has 1 aromatic carbocycles. The summed E-state index contributed by atoms with van der Waals surface area (Å²) in [5, 5.41) is 7.93. The number of fused-ring (bicyclic) bond motifs is 6. The predicted molar refractivity (Wildman–Crippen MR) is 121 cm³/mol. The van der Waals surface area contributed by atoms with E-state index in [2.05, 4.69) is 10.2 Å². The van der Waals surface area contributed by atoms with Crippen molar-refractivity contribution in [2.75, 3.05) is 27.4 Å². The summed E-state index contributed by atoms with van der Waals surface area (Å²) in [6.07, 6.45) is 4.97. The van der Waals surface area contributed by atoms with Crippen LogP contribution < -0.4 is 10.1 Å². The van der Waals surface area contributed by atoms with Crippen LogP contribution in [0.5, 0.6) is 5.75 Å². The Morgan fingerprint density at radius 3 is 2.81 bits per heavy atom. The van der Waals surface area contributed by atoms with Crippen molar-refractivity contribution in [1.29, 1.82) is 0 Å². The second kappa shape index (κ2) is 8.52. The van der Waals surface area contributed by atoms with Crippen LogP contribution in [0.2, 0.25) is 0 Å². The van der Waals surface area contributed by atoms with Crippen molar-refractivity contribution in [3.63, 3.8) is 0 Å². The fraction of sp³-hybridized carbons (Fsp3) is 0.458. The van der Waals surface area contributed by atoms with E-state index in [1.807, 2.05) is 48.0 Å². The average Bonchev–Trinajstić information content (AvgIpc) is 3.33. The Morgan fingerprint density at radius 1 is 1.25 bits per heavy atom. The maximum absolute atomic E-state index is 12.6. The number of hydrogen-bond acceptors (Lipinski definition) is 6. The van der Waals surface area contributed by atoms with Gasteiger partial charge in [-0.25, -0.2) is 9.50 Å². The summed E-state index contributed by atoms with van der Waals surface area (Å²) in [5.41, 5.74) is 5.19. The van der Waals surface area contributed by atoms with Crippen LogP contribution in [0.3, 0.4) is 0 Å². The minimum absolute atomic E-state index is 0.00368. The number of rotatable bonds is 7. The van der Waals surface area contributed by atoms with Crippen LogP contribution in [0.1, 0.15) is 37.1 Å². The van der Waals surface area contributed by atoms with Gasteiger partial charge in [-0.2, -0.15) is 5.10 Å². The van der Waals surface area contributed by atoms with E-state index in [1.54, 1.807) is 14.2 Å². The Kier molecular flexibility index (Phi) is 5.57. The number of hydrogen-bond donors (Lipinski definition) is 1. The molecule has 3 atom stereocenters. The number of benzene rings is 1. The summed E-state index contributed by atoms with van der Waals surface area (Å²) in [4.78, 5) is 19.6. The number of nitrogens with one attached hydrogen (secondary N) is 1. The van der Waals surface area contributed by atoms with Gasteiger partial charge in [0.1, 0.15) is 5.75 Å². The minimum Gasteiger partial charge on any atom is -0.497 e. The second-order valence-corrected chi connectivity index (χ2v) is 8.74. The zero-order valence-electron chi connectivity index (χ0n) is 18.7. The molecule has 3 aromatic rings. The standard InChI is InChI=1S/C24H29N5O3/c1-15(14-31-2)26-24(30)13-28-17-6-9-21(28)19-12-25-23-11-20(27-29(23)22(19)10-17)16-4-7-18(32-3)8-5-16/h4-5,7-8,11-12,15,17,21H,6,9-10,13-14H2,1-3H3,(H,26,30)/t15-,17-,21-/m0/s1. The van der Waals surface area contributed by atoms with Crippen molar-refractivity contribution in [2.24, 2.45) is 0 Å². The molecule has 168 valence electrons. The van der Waals surface area contributed by atoms with Crippen molar-refractivity contribution >= 4 is 11.6 Å². The van der Waals surface area contributed by atoms with E-state index in [9.17, 15) is 4.79 Å². The lowest BCUT2D eigenvalue weighted by Gasteiger charge is -2.35. The topological polar surface area (TPSA) is 81.0 Å². The molecule has 0 radical (unpaired) electrons. The molecule has 2 aliphatic rings. The molecule has 32 heavy (non-hydrogen) atoms. The van der Waals surface area contributed by atoms with E-state index in [1.165, 1.54) is 11.3 Å². The zero-order chi connectivity index (χ0) is 22.2. The number of methoxy groups -OCH3 is 2. The predicted octanol–water partition coefficient (Wildman–Crippen LogP) is 2.62. The Bertz CT molecular complexity index is 1130.